The minimum atomic E-state index is -0.0621. The van der Waals surface area contributed by atoms with Crippen molar-refractivity contribution in [2.75, 3.05) is 37.7 Å². The average Bonchev–Trinajstić information content (AvgIpc) is 3.12. The van der Waals surface area contributed by atoms with Crippen LogP contribution < -0.4 is 14.5 Å². The quantitative estimate of drug-likeness (QED) is 0.587. The van der Waals surface area contributed by atoms with Crippen LogP contribution in [0.4, 0.5) is 5.13 Å². The Morgan fingerprint density at radius 2 is 1.79 bits per heavy atom. The lowest BCUT2D eigenvalue weighted by atomic mass is 10.1. The van der Waals surface area contributed by atoms with Crippen LogP contribution in [0.2, 0.25) is 0 Å². The first-order chi connectivity index (χ1) is 14.0. The van der Waals surface area contributed by atoms with Crippen molar-refractivity contribution in [2.24, 2.45) is 0 Å². The zero-order chi connectivity index (χ0) is 20.8. The first-order valence-electron chi connectivity index (χ1n) is 10.2. The van der Waals surface area contributed by atoms with Crippen molar-refractivity contribution in [3.05, 3.63) is 53.6 Å². The number of ether oxygens (including phenoxy) is 1. The number of amides is 1. The molecule has 0 aliphatic carbocycles. The van der Waals surface area contributed by atoms with Crippen LogP contribution in [0.5, 0.6) is 5.75 Å². The molecule has 0 aliphatic heterocycles. The molecule has 3 aromatic rings. The van der Waals surface area contributed by atoms with Crippen LogP contribution in [0.1, 0.15) is 25.0 Å². The normalized spacial score (nSPS) is 11.2. The topological polar surface area (TPSA) is 46.9 Å². The maximum absolute atomic E-state index is 13.1. The molecule has 5 nitrogen and oxygen atoms in total. The van der Waals surface area contributed by atoms with Crippen LogP contribution in [-0.4, -0.2) is 43.7 Å². The Kier molecular flexibility index (Phi) is 7.23. The van der Waals surface area contributed by atoms with Gasteiger partial charge < -0.3 is 9.64 Å². The summed E-state index contributed by atoms with van der Waals surface area (Å²) >= 11 is 1.57. The summed E-state index contributed by atoms with van der Waals surface area (Å²) in [6.45, 7) is 12.1. The third kappa shape index (κ3) is 5.34. The minimum Gasteiger partial charge on any atom is -0.484 e. The number of rotatable bonds is 9. The number of thiazole rings is 1. The highest BCUT2D eigenvalue weighted by molar-refractivity contribution is 7.22. The second-order valence-corrected chi connectivity index (χ2v) is 8.26. The SMILES string of the molecule is CC[NH+](CC)CCN(C(=O)COc1ccccc1)c1nc2cc(C)c(C)cc2s1. The molecular weight excluding hydrogens is 382 g/mol. The van der Waals surface area contributed by atoms with Gasteiger partial charge in [0.25, 0.3) is 5.91 Å². The monoisotopic (exact) mass is 412 g/mol. The van der Waals surface area contributed by atoms with E-state index in [0.29, 0.717) is 12.3 Å². The van der Waals surface area contributed by atoms with Crippen molar-refractivity contribution in [3.8, 4) is 5.75 Å². The predicted octanol–water partition coefficient (Wildman–Crippen LogP) is 3.25. The van der Waals surface area contributed by atoms with E-state index in [1.807, 2.05) is 30.3 Å². The Hall–Kier alpha value is -2.44. The molecule has 6 heteroatoms. The van der Waals surface area contributed by atoms with Gasteiger partial charge in [0.2, 0.25) is 0 Å². The van der Waals surface area contributed by atoms with E-state index in [0.717, 1.165) is 35.0 Å². The van der Waals surface area contributed by atoms with Crippen LogP contribution in [-0.2, 0) is 4.79 Å². The summed E-state index contributed by atoms with van der Waals surface area (Å²) in [7, 11) is 0. The molecule has 154 valence electrons. The van der Waals surface area contributed by atoms with Crippen molar-refractivity contribution in [1.29, 1.82) is 0 Å². The number of aromatic nitrogens is 1. The van der Waals surface area contributed by atoms with Crippen LogP contribution in [0.25, 0.3) is 10.2 Å². The van der Waals surface area contributed by atoms with Crippen LogP contribution in [0.15, 0.2) is 42.5 Å². The first-order valence-corrected chi connectivity index (χ1v) is 11.0. The second-order valence-electron chi connectivity index (χ2n) is 7.25. The smallest absolute Gasteiger partial charge is 0.266 e. The summed E-state index contributed by atoms with van der Waals surface area (Å²) < 4.78 is 6.83. The van der Waals surface area contributed by atoms with Gasteiger partial charge >= 0.3 is 0 Å². The van der Waals surface area contributed by atoms with Gasteiger partial charge in [0.1, 0.15) is 5.75 Å². The van der Waals surface area contributed by atoms with Gasteiger partial charge in [-0.3, -0.25) is 9.69 Å². The molecule has 0 radical (unpaired) electrons. The number of carbonyl (C=O) groups is 1. The molecule has 0 spiro atoms. The fraction of sp³-hybridized carbons (Fsp3) is 0.391. The standard InChI is InChI=1S/C23H29N3O2S/c1-5-25(6-2)12-13-26(22(27)16-28-19-10-8-7-9-11-19)23-24-20-14-17(3)18(4)15-21(20)29-23/h7-11,14-15H,5-6,12-13,16H2,1-4H3/p+1. The Balaban J connectivity index is 1.82. The maximum Gasteiger partial charge on any atom is 0.266 e. The molecule has 1 aromatic heterocycles. The highest BCUT2D eigenvalue weighted by Gasteiger charge is 2.22. The third-order valence-electron chi connectivity index (χ3n) is 5.32. The van der Waals surface area contributed by atoms with E-state index in [4.69, 9.17) is 9.72 Å². The van der Waals surface area contributed by atoms with Gasteiger partial charge in [-0.15, -0.1) is 0 Å². The van der Waals surface area contributed by atoms with Crippen LogP contribution in [0.3, 0.4) is 0 Å². The lowest BCUT2D eigenvalue weighted by Gasteiger charge is -2.23. The molecule has 0 aliphatic rings. The maximum atomic E-state index is 13.1. The van der Waals surface area contributed by atoms with Crippen molar-refractivity contribution < 1.29 is 14.4 Å². The zero-order valence-electron chi connectivity index (χ0n) is 17.7. The summed E-state index contributed by atoms with van der Waals surface area (Å²) in [4.78, 5) is 21.1. The number of benzene rings is 2. The van der Waals surface area contributed by atoms with E-state index in [2.05, 4.69) is 39.8 Å². The molecule has 0 unspecified atom stereocenters. The molecule has 0 fully saturated rings. The number of quaternary nitrogens is 1. The molecule has 2 aromatic carbocycles. The van der Waals surface area contributed by atoms with E-state index in [-0.39, 0.29) is 12.5 Å². The molecular formula is C23H30N3O2S+. The predicted molar refractivity (Wildman–Crippen MR) is 120 cm³/mol. The van der Waals surface area contributed by atoms with Gasteiger partial charge in [0.05, 0.1) is 36.4 Å². The first kappa shape index (κ1) is 21.3. The lowest BCUT2D eigenvalue weighted by molar-refractivity contribution is -0.894. The summed E-state index contributed by atoms with van der Waals surface area (Å²) in [5.74, 6) is 0.638. The Labute approximate surface area is 176 Å². The number of hydrogen-bond donors (Lipinski definition) is 1. The van der Waals surface area contributed by atoms with Gasteiger partial charge in [0.15, 0.2) is 11.7 Å². The molecule has 29 heavy (non-hydrogen) atoms. The van der Waals surface area contributed by atoms with E-state index in [9.17, 15) is 4.79 Å². The van der Waals surface area contributed by atoms with Crippen LogP contribution in [0, 0.1) is 13.8 Å². The number of nitrogens with zero attached hydrogens (tertiary/aromatic N) is 2. The minimum absolute atomic E-state index is 0.00553. The number of fused-ring (bicyclic) bond motifs is 1. The highest BCUT2D eigenvalue weighted by atomic mass is 32.1. The number of carbonyl (C=O) groups excluding carboxylic acids is 1. The van der Waals surface area contributed by atoms with Crippen molar-refractivity contribution >= 4 is 32.6 Å². The largest absolute Gasteiger partial charge is 0.484 e. The summed E-state index contributed by atoms with van der Waals surface area (Å²) in [6.07, 6.45) is 0. The number of para-hydroxylation sites is 1. The molecule has 1 heterocycles. The Morgan fingerprint density at radius 3 is 2.48 bits per heavy atom. The van der Waals surface area contributed by atoms with Crippen molar-refractivity contribution in [3.63, 3.8) is 0 Å². The number of nitrogens with one attached hydrogen (secondary N) is 1. The summed E-state index contributed by atoms with van der Waals surface area (Å²) in [6, 6.07) is 13.7. The van der Waals surface area contributed by atoms with Gasteiger partial charge in [-0.05, 0) is 63.1 Å². The van der Waals surface area contributed by atoms with Gasteiger partial charge in [0, 0.05) is 0 Å². The molecule has 0 saturated heterocycles. The van der Waals surface area contributed by atoms with Gasteiger partial charge in [-0.1, -0.05) is 29.5 Å². The number of aryl methyl sites for hydroxylation is 2. The number of hydrogen-bond acceptors (Lipinski definition) is 4. The van der Waals surface area contributed by atoms with E-state index in [1.165, 1.54) is 16.0 Å². The second kappa shape index (κ2) is 9.85. The zero-order valence-corrected chi connectivity index (χ0v) is 18.5. The Morgan fingerprint density at radius 1 is 1.10 bits per heavy atom. The molecule has 0 saturated carbocycles. The average molecular weight is 413 g/mol. The summed E-state index contributed by atoms with van der Waals surface area (Å²) in [5.41, 5.74) is 3.41. The fourth-order valence-corrected chi connectivity index (χ4v) is 4.31. The summed E-state index contributed by atoms with van der Waals surface area (Å²) in [5, 5.41) is 0.748. The highest BCUT2D eigenvalue weighted by Crippen LogP contribution is 2.30. The van der Waals surface area contributed by atoms with E-state index >= 15 is 0 Å². The molecule has 0 bridgehead atoms. The molecule has 1 N–H and O–H groups in total. The van der Waals surface area contributed by atoms with E-state index in [1.54, 1.807) is 16.2 Å². The van der Waals surface area contributed by atoms with E-state index < -0.39 is 0 Å². The van der Waals surface area contributed by atoms with Crippen molar-refractivity contribution in [1.82, 2.24) is 4.98 Å². The fourth-order valence-electron chi connectivity index (χ4n) is 3.22. The van der Waals surface area contributed by atoms with Crippen molar-refractivity contribution in [2.45, 2.75) is 27.7 Å². The molecule has 1 amide bonds. The van der Waals surface area contributed by atoms with Gasteiger partial charge in [-0.2, -0.15) is 0 Å². The number of likely N-dealkylation sites (N-methyl/N-ethyl adjacent to an activating group) is 1. The lowest BCUT2D eigenvalue weighted by Crippen LogP contribution is -3.12. The third-order valence-corrected chi connectivity index (χ3v) is 6.36. The molecule has 3 rings (SSSR count). The Bertz CT molecular complexity index is 912. The molecule has 0 atom stereocenters. The number of anilines is 1. The van der Waals surface area contributed by atoms with Gasteiger partial charge in [-0.25, -0.2) is 4.98 Å². The van der Waals surface area contributed by atoms with Crippen LogP contribution >= 0.6 is 11.3 Å².